The molecule has 0 saturated carbocycles. The lowest BCUT2D eigenvalue weighted by Gasteiger charge is -2.06. The van der Waals surface area contributed by atoms with Crippen molar-refractivity contribution in [2.75, 3.05) is 0 Å². The van der Waals surface area contributed by atoms with Crippen LogP contribution in [0.25, 0.3) is 0 Å². The van der Waals surface area contributed by atoms with Crippen molar-refractivity contribution in [2.45, 2.75) is 0 Å². The topological polar surface area (TPSA) is 122 Å². The summed E-state index contributed by atoms with van der Waals surface area (Å²) in [5.74, 6) is -3.01. The molecule has 2 aromatic carbocycles. The fourth-order valence-corrected chi connectivity index (χ4v) is 1.78. The van der Waals surface area contributed by atoms with Crippen molar-refractivity contribution in [3.63, 3.8) is 0 Å². The van der Waals surface area contributed by atoms with Gasteiger partial charge in [-0.1, -0.05) is 11.6 Å². The molecular formula is C14H11ClN2O5. The van der Waals surface area contributed by atoms with Gasteiger partial charge in [-0.15, -0.1) is 0 Å². The number of amides is 1. The van der Waals surface area contributed by atoms with E-state index in [2.05, 4.69) is 10.5 Å². The Labute approximate surface area is 129 Å². The number of benzene rings is 2. The number of carbonyl (C=O) groups is 1. The molecule has 22 heavy (non-hydrogen) atoms. The molecule has 1 amide bonds. The zero-order chi connectivity index (χ0) is 16.3. The largest absolute Gasteiger partial charge is 0.507 e. The molecule has 2 rings (SSSR count). The van der Waals surface area contributed by atoms with Crippen LogP contribution in [0.5, 0.6) is 23.0 Å². The molecule has 0 spiro atoms. The van der Waals surface area contributed by atoms with Gasteiger partial charge in [-0.25, -0.2) is 5.43 Å². The molecular weight excluding hydrogens is 312 g/mol. The average Bonchev–Trinajstić information content (AvgIpc) is 2.48. The maximum atomic E-state index is 11.8. The van der Waals surface area contributed by atoms with Gasteiger partial charge in [0.05, 0.1) is 11.8 Å². The van der Waals surface area contributed by atoms with Gasteiger partial charge in [0.25, 0.3) is 5.91 Å². The molecule has 0 fully saturated rings. The van der Waals surface area contributed by atoms with E-state index in [4.69, 9.17) is 11.6 Å². The van der Waals surface area contributed by atoms with Crippen LogP contribution in [0.15, 0.2) is 35.4 Å². The Kier molecular flexibility index (Phi) is 4.38. The average molecular weight is 323 g/mol. The summed E-state index contributed by atoms with van der Waals surface area (Å²) < 4.78 is 0. The zero-order valence-electron chi connectivity index (χ0n) is 11.0. The van der Waals surface area contributed by atoms with Crippen LogP contribution in [0.3, 0.4) is 0 Å². The lowest BCUT2D eigenvalue weighted by molar-refractivity contribution is 0.0951. The maximum Gasteiger partial charge on any atom is 0.275 e. The van der Waals surface area contributed by atoms with E-state index < -0.39 is 23.2 Å². The highest BCUT2D eigenvalue weighted by Crippen LogP contribution is 2.36. The fourth-order valence-electron chi connectivity index (χ4n) is 1.60. The van der Waals surface area contributed by atoms with Crippen LogP contribution in [0, 0.1) is 0 Å². The van der Waals surface area contributed by atoms with Crippen LogP contribution in [0.4, 0.5) is 0 Å². The van der Waals surface area contributed by atoms with Gasteiger partial charge in [-0.3, -0.25) is 4.79 Å². The molecule has 0 aliphatic heterocycles. The number of phenolic OH excluding ortho intramolecular Hbond substituents is 4. The lowest BCUT2D eigenvalue weighted by Crippen LogP contribution is -2.17. The molecule has 0 atom stereocenters. The molecule has 0 aliphatic rings. The second-order valence-corrected chi connectivity index (χ2v) is 4.67. The Morgan fingerprint density at radius 3 is 2.45 bits per heavy atom. The van der Waals surface area contributed by atoms with Crippen molar-refractivity contribution >= 4 is 23.7 Å². The molecule has 0 aliphatic carbocycles. The smallest absolute Gasteiger partial charge is 0.275 e. The second-order valence-electron chi connectivity index (χ2n) is 4.23. The van der Waals surface area contributed by atoms with Crippen LogP contribution in [0.2, 0.25) is 5.02 Å². The summed E-state index contributed by atoms with van der Waals surface area (Å²) in [4.78, 5) is 11.8. The number of hydrogen-bond acceptors (Lipinski definition) is 6. The van der Waals surface area contributed by atoms with Gasteiger partial charge in [0, 0.05) is 10.6 Å². The number of aromatic hydroxyl groups is 4. The number of halogens is 1. The van der Waals surface area contributed by atoms with Gasteiger partial charge < -0.3 is 20.4 Å². The van der Waals surface area contributed by atoms with Crippen LogP contribution >= 0.6 is 11.6 Å². The van der Waals surface area contributed by atoms with E-state index in [-0.39, 0.29) is 16.9 Å². The maximum absolute atomic E-state index is 11.8. The summed E-state index contributed by atoms with van der Waals surface area (Å²) in [7, 11) is 0. The van der Waals surface area contributed by atoms with Crippen LogP contribution in [-0.2, 0) is 0 Å². The summed E-state index contributed by atoms with van der Waals surface area (Å²) in [6.07, 6.45) is 1.16. The normalized spacial score (nSPS) is 10.8. The highest BCUT2D eigenvalue weighted by molar-refractivity contribution is 6.30. The van der Waals surface area contributed by atoms with E-state index in [0.29, 0.717) is 5.02 Å². The third kappa shape index (κ3) is 3.21. The van der Waals surface area contributed by atoms with E-state index in [1.54, 1.807) is 0 Å². The number of hydrogen-bond donors (Lipinski definition) is 5. The predicted octanol–water partition coefficient (Wildman–Crippen LogP) is 1.93. The standard InChI is InChI=1S/C14H11ClN2O5/c15-8-1-3-10(18)7(5-8)6-16-17-14(22)9-2-4-11(19)13(21)12(9)20/h1-6,18-21H,(H,17,22)/b16-6+. The Hall–Kier alpha value is -2.93. The summed E-state index contributed by atoms with van der Waals surface area (Å²) in [5.41, 5.74) is 2.11. The quantitative estimate of drug-likeness (QED) is 0.336. The number of nitrogens with one attached hydrogen (secondary N) is 1. The molecule has 0 bridgehead atoms. The zero-order valence-corrected chi connectivity index (χ0v) is 11.7. The predicted molar refractivity (Wildman–Crippen MR) is 79.6 cm³/mol. The summed E-state index contributed by atoms with van der Waals surface area (Å²) in [5, 5.41) is 41.6. The first-order chi connectivity index (χ1) is 10.4. The Bertz CT molecular complexity index is 761. The molecule has 0 unspecified atom stereocenters. The highest BCUT2D eigenvalue weighted by atomic mass is 35.5. The molecule has 7 nitrogen and oxygen atoms in total. The van der Waals surface area contributed by atoms with Gasteiger partial charge >= 0.3 is 0 Å². The van der Waals surface area contributed by atoms with E-state index >= 15 is 0 Å². The lowest BCUT2D eigenvalue weighted by atomic mass is 10.1. The minimum atomic E-state index is -0.814. The van der Waals surface area contributed by atoms with Crippen molar-refractivity contribution in [2.24, 2.45) is 5.10 Å². The van der Waals surface area contributed by atoms with E-state index in [9.17, 15) is 25.2 Å². The van der Waals surface area contributed by atoms with Crippen molar-refractivity contribution in [1.29, 1.82) is 0 Å². The second kappa shape index (κ2) is 6.23. The first kappa shape index (κ1) is 15.5. The molecule has 5 N–H and O–H groups in total. The molecule has 0 heterocycles. The Balaban J connectivity index is 2.15. The van der Waals surface area contributed by atoms with Crippen LogP contribution < -0.4 is 5.43 Å². The third-order valence-corrected chi connectivity index (χ3v) is 2.97. The van der Waals surface area contributed by atoms with Crippen molar-refractivity contribution in [3.8, 4) is 23.0 Å². The van der Waals surface area contributed by atoms with E-state index in [0.717, 1.165) is 18.3 Å². The number of hydrazone groups is 1. The number of rotatable bonds is 3. The Morgan fingerprint density at radius 2 is 1.73 bits per heavy atom. The highest BCUT2D eigenvalue weighted by Gasteiger charge is 2.16. The fraction of sp³-hybridized carbons (Fsp3) is 0. The van der Waals surface area contributed by atoms with Crippen LogP contribution in [0.1, 0.15) is 15.9 Å². The number of nitrogens with zero attached hydrogens (tertiary/aromatic N) is 1. The van der Waals surface area contributed by atoms with Gasteiger partial charge in [0.2, 0.25) is 5.75 Å². The molecule has 8 heteroatoms. The minimum absolute atomic E-state index is 0.0764. The first-order valence-corrected chi connectivity index (χ1v) is 6.33. The number of carbonyl (C=O) groups excluding carboxylic acids is 1. The van der Waals surface area contributed by atoms with Gasteiger partial charge in [0.1, 0.15) is 5.75 Å². The summed E-state index contributed by atoms with van der Waals surface area (Å²) in [6, 6.07) is 6.47. The van der Waals surface area contributed by atoms with Gasteiger partial charge in [0.15, 0.2) is 11.5 Å². The van der Waals surface area contributed by atoms with Crippen molar-refractivity contribution in [1.82, 2.24) is 5.43 Å². The summed E-state index contributed by atoms with van der Waals surface area (Å²) in [6.45, 7) is 0. The van der Waals surface area contributed by atoms with Crippen molar-refractivity contribution in [3.05, 3.63) is 46.5 Å². The molecule has 0 radical (unpaired) electrons. The number of phenols is 4. The minimum Gasteiger partial charge on any atom is -0.507 e. The summed E-state index contributed by atoms with van der Waals surface area (Å²) >= 11 is 5.76. The van der Waals surface area contributed by atoms with Gasteiger partial charge in [-0.05, 0) is 30.3 Å². The molecule has 114 valence electrons. The van der Waals surface area contributed by atoms with Crippen LogP contribution in [-0.4, -0.2) is 32.5 Å². The molecule has 0 saturated heterocycles. The molecule has 2 aromatic rings. The SMILES string of the molecule is O=C(N/N=C/c1cc(Cl)ccc1O)c1ccc(O)c(O)c1O. The molecule has 0 aromatic heterocycles. The first-order valence-electron chi connectivity index (χ1n) is 5.96. The van der Waals surface area contributed by atoms with E-state index in [1.807, 2.05) is 0 Å². The monoisotopic (exact) mass is 322 g/mol. The van der Waals surface area contributed by atoms with Crippen molar-refractivity contribution < 1.29 is 25.2 Å². The third-order valence-electron chi connectivity index (χ3n) is 2.73. The Morgan fingerprint density at radius 1 is 1.05 bits per heavy atom. The van der Waals surface area contributed by atoms with E-state index in [1.165, 1.54) is 18.2 Å². The van der Waals surface area contributed by atoms with Gasteiger partial charge in [-0.2, -0.15) is 5.10 Å².